The van der Waals surface area contributed by atoms with Gasteiger partial charge in [0.05, 0.1) is 11.9 Å². The zero-order valence-corrected chi connectivity index (χ0v) is 9.19. The van der Waals surface area contributed by atoms with Gasteiger partial charge in [-0.3, -0.25) is 4.98 Å². The van der Waals surface area contributed by atoms with Gasteiger partial charge in [0.25, 0.3) is 0 Å². The Kier molecular flexibility index (Phi) is 1.96. The minimum absolute atomic E-state index is 0.617. The quantitative estimate of drug-likeness (QED) is 0.720. The van der Waals surface area contributed by atoms with Crippen LogP contribution in [0.1, 0.15) is 6.92 Å². The Morgan fingerprint density at radius 2 is 2.13 bits per heavy atom. The fourth-order valence-electron chi connectivity index (χ4n) is 2.81. The molecule has 0 unspecified atom stereocenters. The summed E-state index contributed by atoms with van der Waals surface area (Å²) in [6.45, 7) is 8.46. The Hall–Kier alpha value is -1.09. The first-order chi connectivity index (χ1) is 7.31. The van der Waals surface area contributed by atoms with Gasteiger partial charge >= 0.3 is 0 Å². The minimum atomic E-state index is 0.617. The van der Waals surface area contributed by atoms with Crippen LogP contribution >= 0.6 is 0 Å². The third kappa shape index (κ3) is 1.42. The average molecular weight is 203 g/mol. The summed E-state index contributed by atoms with van der Waals surface area (Å²) in [7, 11) is 0. The Morgan fingerprint density at radius 1 is 1.33 bits per heavy atom. The van der Waals surface area contributed by atoms with Gasteiger partial charge in [0, 0.05) is 37.8 Å². The molecule has 1 aromatic heterocycles. The molecular weight excluding hydrogens is 186 g/mol. The van der Waals surface area contributed by atoms with Gasteiger partial charge in [0.1, 0.15) is 0 Å². The molecule has 3 heteroatoms. The van der Waals surface area contributed by atoms with Crippen LogP contribution in [0.3, 0.4) is 0 Å². The number of likely N-dealkylation sites (tertiary alicyclic amines) is 1. The summed E-state index contributed by atoms with van der Waals surface area (Å²) in [6, 6.07) is 4.16. The van der Waals surface area contributed by atoms with Crippen LogP contribution in [-0.4, -0.2) is 42.6 Å². The molecule has 0 amide bonds. The zero-order valence-electron chi connectivity index (χ0n) is 9.19. The lowest BCUT2D eigenvalue weighted by molar-refractivity contribution is -0.0178. The van der Waals surface area contributed by atoms with Gasteiger partial charge in [0.15, 0.2) is 0 Å². The number of rotatable bonds is 2. The van der Waals surface area contributed by atoms with Gasteiger partial charge in [-0.05, 0) is 18.7 Å². The van der Waals surface area contributed by atoms with Crippen LogP contribution in [0.4, 0.5) is 5.69 Å². The number of pyridine rings is 1. The standard InChI is InChI=1S/C12H17N3/c1-2-14-7-12(8-14)9-15(10-12)11-4-3-5-13-6-11/h3-6H,2,7-10H2,1H3. The first-order valence-electron chi connectivity index (χ1n) is 5.69. The largest absolute Gasteiger partial charge is 0.369 e. The van der Waals surface area contributed by atoms with Gasteiger partial charge in [0.2, 0.25) is 0 Å². The summed E-state index contributed by atoms with van der Waals surface area (Å²) in [5, 5.41) is 0. The highest BCUT2D eigenvalue weighted by Gasteiger charge is 2.50. The van der Waals surface area contributed by atoms with E-state index in [1.165, 1.54) is 38.4 Å². The van der Waals surface area contributed by atoms with Crippen molar-refractivity contribution >= 4 is 5.69 Å². The highest BCUT2D eigenvalue weighted by atomic mass is 15.3. The van der Waals surface area contributed by atoms with Crippen molar-refractivity contribution in [1.82, 2.24) is 9.88 Å². The molecule has 15 heavy (non-hydrogen) atoms. The third-order valence-electron chi connectivity index (χ3n) is 3.63. The van der Waals surface area contributed by atoms with Crippen LogP contribution in [0, 0.1) is 5.41 Å². The summed E-state index contributed by atoms with van der Waals surface area (Å²) in [4.78, 5) is 9.10. The van der Waals surface area contributed by atoms with Crippen molar-refractivity contribution in [3.05, 3.63) is 24.5 Å². The maximum Gasteiger partial charge on any atom is 0.0553 e. The highest BCUT2D eigenvalue weighted by molar-refractivity contribution is 5.48. The molecule has 0 bridgehead atoms. The van der Waals surface area contributed by atoms with Crippen molar-refractivity contribution in [3.63, 3.8) is 0 Å². The molecule has 0 atom stereocenters. The van der Waals surface area contributed by atoms with Gasteiger partial charge in [-0.2, -0.15) is 0 Å². The van der Waals surface area contributed by atoms with Crippen LogP contribution < -0.4 is 4.90 Å². The first kappa shape index (κ1) is 9.16. The summed E-state index contributed by atoms with van der Waals surface area (Å²) in [5.74, 6) is 0. The van der Waals surface area contributed by atoms with Gasteiger partial charge < -0.3 is 9.80 Å². The van der Waals surface area contributed by atoms with E-state index < -0.39 is 0 Å². The lowest BCUT2D eigenvalue weighted by Gasteiger charge is -2.61. The maximum absolute atomic E-state index is 4.16. The fraction of sp³-hybridized carbons (Fsp3) is 0.583. The zero-order chi connectivity index (χ0) is 10.3. The SMILES string of the molecule is CCN1CC2(C1)CN(c1cccnc1)C2. The molecule has 3 nitrogen and oxygen atoms in total. The van der Waals surface area contributed by atoms with E-state index in [2.05, 4.69) is 27.8 Å². The highest BCUT2D eigenvalue weighted by Crippen LogP contribution is 2.41. The molecule has 0 radical (unpaired) electrons. The Balaban J connectivity index is 1.59. The van der Waals surface area contributed by atoms with E-state index in [0.29, 0.717) is 5.41 Å². The summed E-state index contributed by atoms with van der Waals surface area (Å²) in [5.41, 5.74) is 1.89. The monoisotopic (exact) mass is 203 g/mol. The van der Waals surface area contributed by atoms with Crippen LogP contribution in [0.15, 0.2) is 24.5 Å². The number of hydrogen-bond donors (Lipinski definition) is 0. The molecule has 0 saturated carbocycles. The van der Waals surface area contributed by atoms with E-state index in [4.69, 9.17) is 0 Å². The number of aromatic nitrogens is 1. The normalized spacial score (nSPS) is 23.7. The molecule has 0 N–H and O–H groups in total. The summed E-state index contributed by atoms with van der Waals surface area (Å²) >= 11 is 0. The number of hydrogen-bond acceptors (Lipinski definition) is 3. The third-order valence-corrected chi connectivity index (χ3v) is 3.63. The second-order valence-electron chi connectivity index (χ2n) is 4.87. The average Bonchev–Trinajstić information content (AvgIpc) is 2.16. The molecule has 0 aromatic carbocycles. The second kappa shape index (κ2) is 3.20. The molecule has 2 saturated heterocycles. The topological polar surface area (TPSA) is 19.4 Å². The van der Waals surface area contributed by atoms with Crippen molar-refractivity contribution < 1.29 is 0 Å². The predicted molar refractivity (Wildman–Crippen MR) is 61.0 cm³/mol. The van der Waals surface area contributed by atoms with Gasteiger partial charge in [-0.15, -0.1) is 0 Å². The lowest BCUT2D eigenvalue weighted by atomic mass is 9.72. The molecule has 1 spiro atoms. The van der Waals surface area contributed by atoms with E-state index in [1.54, 1.807) is 0 Å². The van der Waals surface area contributed by atoms with E-state index in [9.17, 15) is 0 Å². The lowest BCUT2D eigenvalue weighted by Crippen LogP contribution is -2.72. The first-order valence-corrected chi connectivity index (χ1v) is 5.69. The van der Waals surface area contributed by atoms with E-state index >= 15 is 0 Å². The van der Waals surface area contributed by atoms with E-state index in [-0.39, 0.29) is 0 Å². The minimum Gasteiger partial charge on any atom is -0.369 e. The predicted octanol–water partition coefficient (Wildman–Crippen LogP) is 1.22. The van der Waals surface area contributed by atoms with Crippen molar-refractivity contribution in [3.8, 4) is 0 Å². The Morgan fingerprint density at radius 3 is 2.73 bits per heavy atom. The Bertz CT molecular complexity index is 335. The number of nitrogens with zero attached hydrogens (tertiary/aromatic N) is 3. The smallest absolute Gasteiger partial charge is 0.0553 e. The van der Waals surface area contributed by atoms with E-state index in [1.807, 2.05) is 18.5 Å². The van der Waals surface area contributed by atoms with Crippen molar-refractivity contribution in [1.29, 1.82) is 0 Å². The summed E-state index contributed by atoms with van der Waals surface area (Å²) < 4.78 is 0. The molecular formula is C12H17N3. The van der Waals surface area contributed by atoms with Crippen LogP contribution in [0.2, 0.25) is 0 Å². The van der Waals surface area contributed by atoms with Gasteiger partial charge in [-0.1, -0.05) is 6.92 Å². The van der Waals surface area contributed by atoms with Crippen LogP contribution in [0.5, 0.6) is 0 Å². The molecule has 2 aliphatic rings. The summed E-state index contributed by atoms with van der Waals surface area (Å²) in [6.07, 6.45) is 3.80. The van der Waals surface area contributed by atoms with Gasteiger partial charge in [-0.25, -0.2) is 0 Å². The Labute approximate surface area is 90.7 Å². The molecule has 1 aromatic rings. The second-order valence-corrected chi connectivity index (χ2v) is 4.87. The van der Waals surface area contributed by atoms with Crippen LogP contribution in [-0.2, 0) is 0 Å². The maximum atomic E-state index is 4.16. The van der Waals surface area contributed by atoms with Crippen molar-refractivity contribution in [2.75, 3.05) is 37.6 Å². The van der Waals surface area contributed by atoms with Crippen molar-refractivity contribution in [2.24, 2.45) is 5.41 Å². The molecule has 0 aliphatic carbocycles. The molecule has 80 valence electrons. The molecule has 3 heterocycles. The molecule has 3 rings (SSSR count). The molecule has 2 aliphatic heterocycles. The molecule has 2 fully saturated rings. The van der Waals surface area contributed by atoms with Crippen molar-refractivity contribution in [2.45, 2.75) is 6.92 Å². The van der Waals surface area contributed by atoms with Crippen LogP contribution in [0.25, 0.3) is 0 Å². The number of anilines is 1. The fourth-order valence-corrected chi connectivity index (χ4v) is 2.81. The van der Waals surface area contributed by atoms with E-state index in [0.717, 1.165) is 0 Å².